The molecule has 1 unspecified atom stereocenters. The van der Waals surface area contributed by atoms with Gasteiger partial charge in [-0.3, -0.25) is 0 Å². The molecule has 76 valence electrons. The minimum atomic E-state index is -0.0857. The van der Waals surface area contributed by atoms with Gasteiger partial charge >= 0.3 is 0 Å². The molecule has 0 fully saturated rings. The lowest BCUT2D eigenvalue weighted by Crippen LogP contribution is -2.11. The summed E-state index contributed by atoms with van der Waals surface area (Å²) in [5.41, 5.74) is 3.10. The fourth-order valence-electron chi connectivity index (χ4n) is 1.83. The molecule has 0 aliphatic carbocycles. The van der Waals surface area contributed by atoms with Crippen LogP contribution in [0.1, 0.15) is 13.2 Å². The van der Waals surface area contributed by atoms with Crippen LogP contribution in [0.2, 0.25) is 0 Å². The van der Waals surface area contributed by atoms with Crippen LogP contribution in [0.5, 0.6) is 0 Å². The zero-order chi connectivity index (χ0) is 10.3. The predicted molar refractivity (Wildman–Crippen MR) is 56.3 cm³/mol. The van der Waals surface area contributed by atoms with E-state index in [0.717, 1.165) is 11.0 Å². The van der Waals surface area contributed by atoms with Crippen LogP contribution in [-0.4, -0.2) is 21.6 Å². The van der Waals surface area contributed by atoms with Gasteiger partial charge in [-0.05, 0) is 24.6 Å². The third-order valence-corrected chi connectivity index (χ3v) is 2.65. The van der Waals surface area contributed by atoms with Crippen LogP contribution in [0.4, 0.5) is 0 Å². The first kappa shape index (κ1) is 8.61. The van der Waals surface area contributed by atoms with Crippen LogP contribution >= 0.6 is 0 Å². The van der Waals surface area contributed by atoms with E-state index in [1.54, 1.807) is 0 Å². The van der Waals surface area contributed by atoms with Crippen molar-refractivity contribution in [2.45, 2.75) is 13.2 Å². The predicted octanol–water partition coefficient (Wildman–Crippen LogP) is 1.91. The smallest absolute Gasteiger partial charge is 0.174 e. The zero-order valence-electron chi connectivity index (χ0n) is 8.42. The maximum absolute atomic E-state index is 5.59. The molecule has 1 aromatic heterocycles. The lowest BCUT2D eigenvalue weighted by molar-refractivity contribution is 0.0613. The van der Waals surface area contributed by atoms with Gasteiger partial charge in [0.05, 0.1) is 12.1 Å². The normalized spacial score (nSPS) is 20.9. The highest BCUT2D eigenvalue weighted by atomic mass is 16.5. The minimum Gasteiger partial charge on any atom is -0.348 e. The first-order chi connectivity index (χ1) is 7.36. The molecule has 2 aromatic rings. The van der Waals surface area contributed by atoms with E-state index in [9.17, 15) is 0 Å². The van der Waals surface area contributed by atoms with Crippen molar-refractivity contribution in [2.75, 3.05) is 6.61 Å². The van der Waals surface area contributed by atoms with Crippen LogP contribution in [0.3, 0.4) is 0 Å². The number of ether oxygens (including phenoxy) is 1. The van der Waals surface area contributed by atoms with Gasteiger partial charge in [-0.15, -0.1) is 5.10 Å². The van der Waals surface area contributed by atoms with Gasteiger partial charge in [0.15, 0.2) is 6.23 Å². The Morgan fingerprint density at radius 1 is 1.40 bits per heavy atom. The molecular weight excluding hydrogens is 190 g/mol. The van der Waals surface area contributed by atoms with Crippen LogP contribution in [0.15, 0.2) is 35.9 Å². The van der Waals surface area contributed by atoms with Crippen LogP contribution < -0.4 is 0 Å². The summed E-state index contributed by atoms with van der Waals surface area (Å²) >= 11 is 0. The van der Waals surface area contributed by atoms with Crippen molar-refractivity contribution in [1.29, 1.82) is 0 Å². The Bertz CT molecular complexity index is 529. The highest BCUT2D eigenvalue weighted by Gasteiger charge is 2.21. The molecule has 0 radical (unpaired) electrons. The molecule has 2 heterocycles. The fraction of sp³-hybridized carbons (Fsp3) is 0.273. The largest absolute Gasteiger partial charge is 0.348 e. The summed E-state index contributed by atoms with van der Waals surface area (Å²) in [6.07, 6.45) is 1.98. The Morgan fingerprint density at radius 2 is 2.27 bits per heavy atom. The summed E-state index contributed by atoms with van der Waals surface area (Å²) < 4.78 is 7.41. The van der Waals surface area contributed by atoms with Crippen molar-refractivity contribution >= 4 is 11.0 Å². The molecule has 4 nitrogen and oxygen atoms in total. The average Bonchev–Trinajstić information content (AvgIpc) is 2.83. The summed E-state index contributed by atoms with van der Waals surface area (Å²) in [6, 6.07) is 7.90. The summed E-state index contributed by atoms with van der Waals surface area (Å²) in [7, 11) is 0. The van der Waals surface area contributed by atoms with Crippen molar-refractivity contribution in [3.05, 3.63) is 35.9 Å². The number of hydrogen-bond acceptors (Lipinski definition) is 3. The van der Waals surface area contributed by atoms with Crippen molar-refractivity contribution in [2.24, 2.45) is 0 Å². The number of fused-ring (bicyclic) bond motifs is 1. The molecular formula is C11H11N3O. The molecule has 0 saturated heterocycles. The second kappa shape index (κ2) is 3.17. The number of benzene rings is 1. The van der Waals surface area contributed by atoms with E-state index in [0.29, 0.717) is 6.61 Å². The Kier molecular flexibility index (Phi) is 1.82. The SMILES string of the molecule is CC1=CCOC1n1nnc2ccccc21. The highest BCUT2D eigenvalue weighted by Crippen LogP contribution is 2.26. The highest BCUT2D eigenvalue weighted by molar-refractivity contribution is 5.74. The molecule has 15 heavy (non-hydrogen) atoms. The van der Waals surface area contributed by atoms with Gasteiger partial charge in [0.2, 0.25) is 0 Å². The van der Waals surface area contributed by atoms with E-state index in [1.807, 2.05) is 35.9 Å². The zero-order valence-corrected chi connectivity index (χ0v) is 8.42. The van der Waals surface area contributed by atoms with Crippen molar-refractivity contribution in [3.63, 3.8) is 0 Å². The van der Waals surface area contributed by atoms with Crippen LogP contribution in [0, 0.1) is 0 Å². The van der Waals surface area contributed by atoms with Gasteiger partial charge in [-0.2, -0.15) is 0 Å². The molecule has 0 amide bonds. The molecule has 1 aromatic carbocycles. The van der Waals surface area contributed by atoms with E-state index in [2.05, 4.69) is 16.4 Å². The van der Waals surface area contributed by atoms with Gasteiger partial charge in [0.25, 0.3) is 0 Å². The number of hydrogen-bond donors (Lipinski definition) is 0. The number of aromatic nitrogens is 3. The minimum absolute atomic E-state index is 0.0857. The molecule has 1 aliphatic rings. The van der Waals surface area contributed by atoms with Crippen LogP contribution in [0.25, 0.3) is 11.0 Å². The van der Waals surface area contributed by atoms with E-state index in [4.69, 9.17) is 4.74 Å². The van der Waals surface area contributed by atoms with E-state index in [1.165, 1.54) is 5.57 Å². The van der Waals surface area contributed by atoms with Crippen LogP contribution in [-0.2, 0) is 4.74 Å². The van der Waals surface area contributed by atoms with Gasteiger partial charge in [0.1, 0.15) is 5.52 Å². The number of para-hydroxylation sites is 1. The molecule has 1 aliphatic heterocycles. The Hall–Kier alpha value is -1.68. The molecule has 1 atom stereocenters. The second-order valence-corrected chi connectivity index (χ2v) is 3.66. The molecule has 0 spiro atoms. The van der Waals surface area contributed by atoms with Gasteiger partial charge in [0, 0.05) is 0 Å². The molecule has 0 bridgehead atoms. The summed E-state index contributed by atoms with van der Waals surface area (Å²) in [5, 5.41) is 8.23. The second-order valence-electron chi connectivity index (χ2n) is 3.66. The standard InChI is InChI=1S/C11H11N3O/c1-8-6-7-15-11(8)14-10-5-3-2-4-9(10)12-13-14/h2-6,11H,7H2,1H3. The van der Waals surface area contributed by atoms with Gasteiger partial charge < -0.3 is 4.74 Å². The number of rotatable bonds is 1. The lowest BCUT2D eigenvalue weighted by Gasteiger charge is -2.12. The molecule has 3 rings (SSSR count). The maximum atomic E-state index is 5.59. The third-order valence-electron chi connectivity index (χ3n) is 2.65. The maximum Gasteiger partial charge on any atom is 0.174 e. The monoisotopic (exact) mass is 201 g/mol. The fourth-order valence-corrected chi connectivity index (χ4v) is 1.83. The van der Waals surface area contributed by atoms with Crippen molar-refractivity contribution < 1.29 is 4.74 Å². The topological polar surface area (TPSA) is 39.9 Å². The molecule has 0 saturated carbocycles. The molecule has 4 heteroatoms. The summed E-state index contributed by atoms with van der Waals surface area (Å²) in [6.45, 7) is 2.71. The third kappa shape index (κ3) is 1.26. The lowest BCUT2D eigenvalue weighted by atomic mass is 10.2. The van der Waals surface area contributed by atoms with Gasteiger partial charge in [-0.1, -0.05) is 23.4 Å². The van der Waals surface area contributed by atoms with E-state index >= 15 is 0 Å². The Labute approximate surface area is 87.2 Å². The van der Waals surface area contributed by atoms with Crippen molar-refractivity contribution in [1.82, 2.24) is 15.0 Å². The van der Waals surface area contributed by atoms with Crippen molar-refractivity contribution in [3.8, 4) is 0 Å². The van der Waals surface area contributed by atoms with E-state index < -0.39 is 0 Å². The Morgan fingerprint density at radius 3 is 3.07 bits per heavy atom. The average molecular weight is 201 g/mol. The Balaban J connectivity index is 2.15. The first-order valence-electron chi connectivity index (χ1n) is 4.94. The number of nitrogens with zero attached hydrogens (tertiary/aromatic N) is 3. The first-order valence-corrected chi connectivity index (χ1v) is 4.94. The summed E-state index contributed by atoms with van der Waals surface area (Å²) in [5.74, 6) is 0. The molecule has 0 N–H and O–H groups in total. The quantitative estimate of drug-likeness (QED) is 0.661. The summed E-state index contributed by atoms with van der Waals surface area (Å²) in [4.78, 5) is 0. The van der Waals surface area contributed by atoms with E-state index in [-0.39, 0.29) is 6.23 Å². The van der Waals surface area contributed by atoms with Gasteiger partial charge in [-0.25, -0.2) is 4.68 Å².